The average Bonchev–Trinajstić information content (AvgIpc) is 3.16. The Balaban J connectivity index is 1.91. The predicted molar refractivity (Wildman–Crippen MR) is 90.8 cm³/mol. The third-order valence-corrected chi connectivity index (χ3v) is 3.90. The van der Waals surface area contributed by atoms with Crippen molar-refractivity contribution in [1.29, 1.82) is 0 Å². The average molecular weight is 334 g/mol. The van der Waals surface area contributed by atoms with E-state index in [1.807, 2.05) is 24.4 Å². The van der Waals surface area contributed by atoms with Gasteiger partial charge in [-0.1, -0.05) is 23.2 Å². The topological polar surface area (TPSA) is 53.2 Å². The van der Waals surface area contributed by atoms with Crippen LogP contribution in [0.2, 0.25) is 10.0 Å². The van der Waals surface area contributed by atoms with Crippen LogP contribution in [0.4, 0.5) is 5.69 Å². The van der Waals surface area contributed by atoms with Crippen LogP contribution in [-0.2, 0) is 0 Å². The second-order valence-corrected chi connectivity index (χ2v) is 5.42. The Morgan fingerprint density at radius 3 is 2.64 bits per heavy atom. The molecule has 0 spiro atoms. The Morgan fingerprint density at radius 2 is 1.95 bits per heavy atom. The molecule has 0 amide bonds. The molecule has 0 atom stereocenters. The van der Waals surface area contributed by atoms with Crippen LogP contribution in [0.3, 0.4) is 0 Å². The van der Waals surface area contributed by atoms with Gasteiger partial charge in [0, 0.05) is 12.3 Å². The molecule has 3 aromatic rings. The van der Waals surface area contributed by atoms with Crippen molar-refractivity contribution in [3.05, 3.63) is 58.3 Å². The highest BCUT2D eigenvalue weighted by Gasteiger charge is 2.09. The Hall–Kier alpha value is -2.17. The zero-order chi connectivity index (χ0) is 15.5. The van der Waals surface area contributed by atoms with Gasteiger partial charge >= 0.3 is 0 Å². The highest BCUT2D eigenvalue weighted by Crippen LogP contribution is 2.28. The van der Waals surface area contributed by atoms with Gasteiger partial charge in [0.15, 0.2) is 0 Å². The summed E-state index contributed by atoms with van der Waals surface area (Å²) in [5, 5.41) is 0.981. The van der Waals surface area contributed by atoms with Gasteiger partial charge in [-0.3, -0.25) is 4.99 Å². The maximum atomic E-state index is 5.98. The Bertz CT molecular complexity index is 807. The quantitative estimate of drug-likeness (QED) is 0.643. The lowest BCUT2D eigenvalue weighted by atomic mass is 10.3. The van der Waals surface area contributed by atoms with E-state index in [2.05, 4.69) is 15.0 Å². The summed E-state index contributed by atoms with van der Waals surface area (Å²) < 4.78 is 5.37. The van der Waals surface area contributed by atoms with E-state index in [1.54, 1.807) is 31.5 Å². The van der Waals surface area contributed by atoms with Crippen molar-refractivity contribution in [1.82, 2.24) is 9.97 Å². The summed E-state index contributed by atoms with van der Waals surface area (Å²) in [6.07, 6.45) is 3.57. The van der Waals surface area contributed by atoms with E-state index in [0.717, 1.165) is 17.1 Å². The fourth-order valence-corrected chi connectivity index (χ4v) is 2.36. The number of halogens is 2. The van der Waals surface area contributed by atoms with Gasteiger partial charge in [0.1, 0.15) is 5.75 Å². The molecule has 3 rings (SSSR count). The maximum absolute atomic E-state index is 5.98. The molecule has 0 aliphatic carbocycles. The van der Waals surface area contributed by atoms with Crippen molar-refractivity contribution < 1.29 is 4.74 Å². The van der Waals surface area contributed by atoms with E-state index in [9.17, 15) is 0 Å². The second kappa shape index (κ2) is 6.30. The van der Waals surface area contributed by atoms with E-state index < -0.39 is 0 Å². The lowest BCUT2D eigenvalue weighted by Gasteiger charge is -1.98. The monoisotopic (exact) mass is 333 g/mol. The number of methoxy groups -OCH3 is 1. The number of hydrogen-bond acceptors (Lipinski definition) is 2. The highest BCUT2D eigenvalue weighted by atomic mass is 35.5. The first kappa shape index (κ1) is 14.8. The van der Waals surface area contributed by atoms with Crippen molar-refractivity contribution in [2.75, 3.05) is 7.11 Å². The molecule has 0 bridgehead atoms. The molecule has 4 nitrogen and oxygen atoms in total. The van der Waals surface area contributed by atoms with Crippen LogP contribution in [0, 0.1) is 0 Å². The Labute approximate surface area is 137 Å². The van der Waals surface area contributed by atoms with Gasteiger partial charge in [-0.15, -0.1) is 0 Å². The van der Waals surface area contributed by atoms with E-state index in [4.69, 9.17) is 27.9 Å². The number of aliphatic imine (C=N–C) groups is 1. The number of nitrogens with zero attached hydrogens (tertiary/aromatic N) is 1. The van der Waals surface area contributed by atoms with Gasteiger partial charge in [-0.05, 0) is 30.3 Å². The molecule has 0 aliphatic heterocycles. The van der Waals surface area contributed by atoms with Gasteiger partial charge in [0.25, 0.3) is 0 Å². The van der Waals surface area contributed by atoms with E-state index in [0.29, 0.717) is 21.5 Å². The predicted octanol–water partition coefficient (Wildman–Crippen LogP) is 5.08. The van der Waals surface area contributed by atoms with Crippen LogP contribution in [0.5, 0.6) is 5.75 Å². The van der Waals surface area contributed by atoms with Gasteiger partial charge in [-0.25, -0.2) is 0 Å². The standard InChI is InChI=1S/C16H13Cl2N3O/c1-22-16-8-14(13-3-2-6-19-13)21-15(16)9-20-10-4-5-11(17)12(18)7-10/h2-9,19,21H,1H3. The lowest BCUT2D eigenvalue weighted by Crippen LogP contribution is -1.87. The lowest BCUT2D eigenvalue weighted by molar-refractivity contribution is 0.415. The van der Waals surface area contributed by atoms with Crippen LogP contribution in [0.25, 0.3) is 11.4 Å². The molecule has 0 saturated carbocycles. The molecular formula is C16H13Cl2N3O. The number of H-pyrrole nitrogens is 2. The van der Waals surface area contributed by atoms with Crippen molar-refractivity contribution >= 4 is 35.1 Å². The zero-order valence-corrected chi connectivity index (χ0v) is 13.2. The number of aromatic amines is 2. The smallest absolute Gasteiger partial charge is 0.146 e. The molecule has 0 unspecified atom stereocenters. The number of rotatable bonds is 4. The zero-order valence-electron chi connectivity index (χ0n) is 11.7. The molecule has 6 heteroatoms. The van der Waals surface area contributed by atoms with Crippen LogP contribution in [0.15, 0.2) is 47.6 Å². The van der Waals surface area contributed by atoms with Gasteiger partial charge < -0.3 is 14.7 Å². The van der Waals surface area contributed by atoms with Gasteiger partial charge in [0.05, 0.1) is 46.1 Å². The highest BCUT2D eigenvalue weighted by molar-refractivity contribution is 6.42. The molecule has 0 radical (unpaired) electrons. The molecule has 112 valence electrons. The fourth-order valence-electron chi connectivity index (χ4n) is 2.06. The first-order chi connectivity index (χ1) is 10.7. The molecule has 2 heterocycles. The summed E-state index contributed by atoms with van der Waals surface area (Å²) in [5.74, 6) is 0.716. The van der Waals surface area contributed by atoms with Crippen LogP contribution in [0.1, 0.15) is 5.69 Å². The third kappa shape index (κ3) is 3.03. The molecular weight excluding hydrogens is 321 g/mol. The Kier molecular flexibility index (Phi) is 4.22. The first-order valence-electron chi connectivity index (χ1n) is 6.57. The number of nitrogens with one attached hydrogen (secondary N) is 2. The molecule has 0 aliphatic rings. The summed E-state index contributed by atoms with van der Waals surface area (Å²) in [5.41, 5.74) is 3.40. The largest absolute Gasteiger partial charge is 0.494 e. The van der Waals surface area contributed by atoms with Gasteiger partial charge in [-0.2, -0.15) is 0 Å². The summed E-state index contributed by atoms with van der Waals surface area (Å²) in [6, 6.07) is 11.1. The summed E-state index contributed by atoms with van der Waals surface area (Å²) in [7, 11) is 1.62. The molecule has 22 heavy (non-hydrogen) atoms. The minimum Gasteiger partial charge on any atom is -0.494 e. The van der Waals surface area contributed by atoms with E-state index in [-0.39, 0.29) is 0 Å². The van der Waals surface area contributed by atoms with Crippen molar-refractivity contribution in [3.63, 3.8) is 0 Å². The van der Waals surface area contributed by atoms with E-state index in [1.165, 1.54) is 0 Å². The Morgan fingerprint density at radius 1 is 1.09 bits per heavy atom. The number of aromatic nitrogens is 2. The van der Waals surface area contributed by atoms with Crippen LogP contribution < -0.4 is 4.74 Å². The first-order valence-corrected chi connectivity index (χ1v) is 7.33. The molecule has 0 fully saturated rings. The van der Waals surface area contributed by atoms with Gasteiger partial charge in [0.2, 0.25) is 0 Å². The van der Waals surface area contributed by atoms with Crippen molar-refractivity contribution in [2.45, 2.75) is 0 Å². The van der Waals surface area contributed by atoms with Crippen LogP contribution in [-0.4, -0.2) is 23.3 Å². The normalized spacial score (nSPS) is 11.2. The molecule has 2 N–H and O–H groups in total. The molecule has 1 aromatic carbocycles. The summed E-state index contributed by atoms with van der Waals surface area (Å²) in [6.45, 7) is 0. The van der Waals surface area contributed by atoms with Crippen molar-refractivity contribution in [3.8, 4) is 17.1 Å². The third-order valence-electron chi connectivity index (χ3n) is 3.16. The molecule has 2 aromatic heterocycles. The minimum absolute atomic E-state index is 0.474. The van der Waals surface area contributed by atoms with Crippen molar-refractivity contribution in [2.24, 2.45) is 4.99 Å². The fraction of sp³-hybridized carbons (Fsp3) is 0.0625. The SMILES string of the molecule is COc1cc(-c2ccc[nH]2)[nH]c1C=Nc1ccc(Cl)c(Cl)c1. The number of hydrogen-bond donors (Lipinski definition) is 2. The maximum Gasteiger partial charge on any atom is 0.146 e. The summed E-state index contributed by atoms with van der Waals surface area (Å²) >= 11 is 11.9. The molecule has 0 saturated heterocycles. The minimum atomic E-state index is 0.474. The second-order valence-electron chi connectivity index (χ2n) is 4.61. The van der Waals surface area contributed by atoms with E-state index >= 15 is 0 Å². The number of benzene rings is 1. The summed E-state index contributed by atoms with van der Waals surface area (Å²) in [4.78, 5) is 10.8. The van der Waals surface area contributed by atoms with Crippen LogP contribution >= 0.6 is 23.2 Å². The number of ether oxygens (including phenoxy) is 1.